The zero-order chi connectivity index (χ0) is 16.4. The lowest BCUT2D eigenvalue weighted by Crippen LogP contribution is -2.49. The average molecular weight is 301 g/mol. The van der Waals surface area contributed by atoms with Crippen LogP contribution in [0.1, 0.15) is 20.3 Å². The minimum absolute atomic E-state index is 0.120. The van der Waals surface area contributed by atoms with Crippen LogP contribution in [0.2, 0.25) is 0 Å². The van der Waals surface area contributed by atoms with Gasteiger partial charge >= 0.3 is 22.9 Å². The van der Waals surface area contributed by atoms with Gasteiger partial charge < -0.3 is 10.2 Å². The molecular weight excluding hydrogens is 286 g/mol. The van der Waals surface area contributed by atoms with Crippen LogP contribution < -0.4 is 11.2 Å². The lowest BCUT2D eigenvalue weighted by atomic mass is 10.1. The van der Waals surface area contributed by atoms with Gasteiger partial charge in [-0.3, -0.25) is 24.0 Å². The summed E-state index contributed by atoms with van der Waals surface area (Å²) in [5, 5.41) is 29.3. The second-order valence-corrected chi connectivity index (χ2v) is 4.72. The van der Waals surface area contributed by atoms with Crippen LogP contribution >= 0.6 is 0 Å². The summed E-state index contributed by atoms with van der Waals surface area (Å²) < 4.78 is 1.30. The van der Waals surface area contributed by atoms with Crippen molar-refractivity contribution in [1.82, 2.24) is 9.13 Å². The van der Waals surface area contributed by atoms with Gasteiger partial charge in [0.1, 0.15) is 0 Å². The van der Waals surface area contributed by atoms with Crippen LogP contribution in [0.5, 0.6) is 0 Å². The van der Waals surface area contributed by atoms with E-state index in [1.54, 1.807) is 6.92 Å². The van der Waals surface area contributed by atoms with Crippen molar-refractivity contribution in [3.8, 4) is 0 Å². The van der Waals surface area contributed by atoms with Gasteiger partial charge in [-0.2, -0.15) is 0 Å². The zero-order valence-corrected chi connectivity index (χ0v) is 11.5. The first-order valence-corrected chi connectivity index (χ1v) is 6.06. The third-order valence-corrected chi connectivity index (χ3v) is 2.81. The van der Waals surface area contributed by atoms with Crippen molar-refractivity contribution in [2.45, 2.75) is 39.0 Å². The molecule has 0 bridgehead atoms. The fourth-order valence-electron chi connectivity index (χ4n) is 1.68. The topological polar surface area (TPSA) is 145 Å². The highest BCUT2D eigenvalue weighted by Gasteiger charge is 2.33. The molecule has 1 rings (SSSR count). The van der Waals surface area contributed by atoms with Crippen molar-refractivity contribution in [1.29, 1.82) is 0 Å². The van der Waals surface area contributed by atoms with Crippen LogP contribution in [0, 0.1) is 10.1 Å². The Morgan fingerprint density at radius 2 is 2.05 bits per heavy atom. The Hall–Kier alpha value is -2.49. The van der Waals surface area contributed by atoms with Crippen LogP contribution in [0.25, 0.3) is 0 Å². The minimum atomic E-state index is -2.40. The SMILES string of the molecule is CCCn1cc([N+](=O)[O-])c(=O)n(CC(C)(O)C(=O)O)c1=O. The second kappa shape index (κ2) is 5.87. The fourth-order valence-corrected chi connectivity index (χ4v) is 1.68. The molecule has 0 aliphatic heterocycles. The monoisotopic (exact) mass is 301 g/mol. The molecule has 1 unspecified atom stereocenters. The number of aliphatic carboxylic acids is 1. The number of carboxylic acid groups (broad SMARTS) is 1. The maximum absolute atomic E-state index is 12.1. The highest BCUT2D eigenvalue weighted by atomic mass is 16.6. The van der Waals surface area contributed by atoms with E-state index in [0.29, 0.717) is 11.0 Å². The summed E-state index contributed by atoms with van der Waals surface area (Å²) in [5.74, 6) is -1.65. The third kappa shape index (κ3) is 3.34. The Morgan fingerprint density at radius 3 is 2.48 bits per heavy atom. The quantitative estimate of drug-likeness (QED) is 0.515. The van der Waals surface area contributed by atoms with Gasteiger partial charge in [-0.1, -0.05) is 6.92 Å². The Balaban J connectivity index is 3.56. The normalized spacial score (nSPS) is 13.7. The molecule has 1 atom stereocenters. The van der Waals surface area contributed by atoms with Crippen LogP contribution in [-0.4, -0.2) is 35.8 Å². The molecule has 0 fully saturated rings. The summed E-state index contributed by atoms with van der Waals surface area (Å²) in [7, 11) is 0. The number of aliphatic hydroxyl groups is 1. The Kier molecular flexibility index (Phi) is 4.63. The standard InChI is InChI=1S/C11H15N3O7/c1-3-4-12-5-7(14(20)21)8(15)13(10(12)18)6-11(2,19)9(16)17/h5,19H,3-4,6H2,1-2H3,(H,16,17). The maximum Gasteiger partial charge on any atom is 0.350 e. The van der Waals surface area contributed by atoms with E-state index in [4.69, 9.17) is 5.11 Å². The molecular formula is C11H15N3O7. The number of aryl methyl sites for hydroxylation is 1. The Morgan fingerprint density at radius 1 is 1.48 bits per heavy atom. The summed E-state index contributed by atoms with van der Waals surface area (Å²) in [5.41, 5.74) is -5.42. The van der Waals surface area contributed by atoms with Crippen molar-refractivity contribution in [2.75, 3.05) is 0 Å². The maximum atomic E-state index is 12.1. The smallest absolute Gasteiger partial charge is 0.350 e. The van der Waals surface area contributed by atoms with Crippen LogP contribution in [0.4, 0.5) is 5.69 Å². The average Bonchev–Trinajstić information content (AvgIpc) is 2.37. The van der Waals surface area contributed by atoms with Gasteiger partial charge in [-0.15, -0.1) is 0 Å². The molecule has 10 heteroatoms. The van der Waals surface area contributed by atoms with Crippen LogP contribution in [0.3, 0.4) is 0 Å². The Bertz CT molecular complexity index is 686. The molecule has 0 radical (unpaired) electrons. The van der Waals surface area contributed by atoms with E-state index in [1.807, 2.05) is 0 Å². The van der Waals surface area contributed by atoms with E-state index < -0.39 is 40.0 Å². The first-order chi connectivity index (χ1) is 9.61. The first kappa shape index (κ1) is 16.6. The molecule has 2 N–H and O–H groups in total. The number of nitrogens with zero attached hydrogens (tertiary/aromatic N) is 3. The van der Waals surface area contributed by atoms with Crippen molar-refractivity contribution in [3.05, 3.63) is 37.1 Å². The molecule has 0 aliphatic rings. The van der Waals surface area contributed by atoms with E-state index in [2.05, 4.69) is 0 Å². The number of hydrogen-bond donors (Lipinski definition) is 2. The van der Waals surface area contributed by atoms with Gasteiger partial charge in [0.2, 0.25) is 0 Å². The summed E-state index contributed by atoms with van der Waals surface area (Å²) >= 11 is 0. The van der Waals surface area contributed by atoms with Crippen molar-refractivity contribution in [2.24, 2.45) is 0 Å². The molecule has 10 nitrogen and oxygen atoms in total. The van der Waals surface area contributed by atoms with Gasteiger partial charge in [0.25, 0.3) is 0 Å². The van der Waals surface area contributed by atoms with Gasteiger partial charge in [0.15, 0.2) is 5.60 Å². The van der Waals surface area contributed by atoms with E-state index in [0.717, 1.165) is 17.7 Å². The third-order valence-electron chi connectivity index (χ3n) is 2.81. The number of hydrogen-bond acceptors (Lipinski definition) is 6. The summed E-state index contributed by atoms with van der Waals surface area (Å²) in [6, 6.07) is 0. The molecule has 0 aliphatic carbocycles. The molecule has 1 aromatic heterocycles. The van der Waals surface area contributed by atoms with Gasteiger partial charge in [-0.05, 0) is 13.3 Å². The summed E-state index contributed by atoms with van der Waals surface area (Å²) in [6.07, 6.45) is 1.30. The number of rotatable bonds is 6. The second-order valence-electron chi connectivity index (χ2n) is 4.72. The summed E-state index contributed by atoms with van der Waals surface area (Å²) in [4.78, 5) is 44.7. The van der Waals surface area contributed by atoms with E-state index in [9.17, 15) is 29.6 Å². The fraction of sp³-hybridized carbons (Fsp3) is 0.545. The van der Waals surface area contributed by atoms with Crippen molar-refractivity contribution >= 4 is 11.7 Å². The largest absolute Gasteiger partial charge is 0.479 e. The van der Waals surface area contributed by atoms with Crippen molar-refractivity contribution in [3.63, 3.8) is 0 Å². The van der Waals surface area contributed by atoms with Gasteiger partial charge in [0, 0.05) is 6.54 Å². The molecule has 21 heavy (non-hydrogen) atoms. The molecule has 116 valence electrons. The van der Waals surface area contributed by atoms with E-state index in [-0.39, 0.29) is 6.54 Å². The molecule has 1 heterocycles. The molecule has 0 spiro atoms. The summed E-state index contributed by atoms with van der Waals surface area (Å²) in [6.45, 7) is 1.85. The molecule has 1 aromatic rings. The predicted octanol–water partition coefficient (Wildman–Crippen LogP) is -0.836. The number of carboxylic acids is 1. The molecule has 0 saturated carbocycles. The Labute approximate surface area is 118 Å². The minimum Gasteiger partial charge on any atom is -0.479 e. The molecule has 0 aromatic carbocycles. The highest BCUT2D eigenvalue weighted by molar-refractivity contribution is 5.76. The van der Waals surface area contributed by atoms with Crippen molar-refractivity contribution < 1.29 is 19.9 Å². The zero-order valence-electron chi connectivity index (χ0n) is 11.5. The number of aromatic nitrogens is 2. The highest BCUT2D eigenvalue weighted by Crippen LogP contribution is 2.07. The van der Waals surface area contributed by atoms with E-state index >= 15 is 0 Å². The molecule has 0 amide bonds. The first-order valence-electron chi connectivity index (χ1n) is 6.06. The lowest BCUT2D eigenvalue weighted by Gasteiger charge is -2.19. The van der Waals surface area contributed by atoms with Crippen LogP contribution in [-0.2, 0) is 17.9 Å². The number of nitro groups is 1. The predicted molar refractivity (Wildman–Crippen MR) is 70.2 cm³/mol. The number of carbonyl (C=O) groups is 1. The van der Waals surface area contributed by atoms with Crippen LogP contribution in [0.15, 0.2) is 15.8 Å². The lowest BCUT2D eigenvalue weighted by molar-refractivity contribution is -0.387. The molecule has 0 saturated heterocycles. The van der Waals surface area contributed by atoms with Gasteiger partial charge in [-0.25, -0.2) is 9.59 Å². The van der Waals surface area contributed by atoms with E-state index in [1.165, 1.54) is 0 Å². The van der Waals surface area contributed by atoms with Gasteiger partial charge in [0.05, 0.1) is 17.7 Å².